The van der Waals surface area contributed by atoms with Crippen molar-refractivity contribution < 1.29 is 22.7 Å². The van der Waals surface area contributed by atoms with Gasteiger partial charge in [0.2, 0.25) is 0 Å². The number of urea groups is 1. The van der Waals surface area contributed by atoms with Crippen molar-refractivity contribution in [2.75, 3.05) is 51.3 Å². The number of nitrogens with zero attached hydrogens (tertiary/aromatic N) is 4. The van der Waals surface area contributed by atoms with Crippen molar-refractivity contribution in [3.63, 3.8) is 0 Å². The third kappa shape index (κ3) is 5.32. The fourth-order valence-electron chi connectivity index (χ4n) is 5.99. The number of rotatable bonds is 8. The minimum atomic E-state index is -2.40. The molecule has 2 aromatic rings. The van der Waals surface area contributed by atoms with E-state index in [1.54, 1.807) is 20.8 Å². The number of alkyl halides is 2. The van der Waals surface area contributed by atoms with Crippen LogP contribution < -0.4 is 20.5 Å². The topological polar surface area (TPSA) is 73.0 Å². The summed E-state index contributed by atoms with van der Waals surface area (Å²) in [6.07, 6.45) is -0.566. The second-order valence-electron chi connectivity index (χ2n) is 10.4. The molecule has 1 aromatic carbocycles. The summed E-state index contributed by atoms with van der Waals surface area (Å²) in [4.78, 5) is 24.1. The largest absolute Gasteiger partial charge is 0.497 e. The number of ether oxygens (including phenoxy) is 1. The highest BCUT2D eigenvalue weighted by atomic mass is 19.3. The van der Waals surface area contributed by atoms with Gasteiger partial charge in [-0.3, -0.25) is 20.7 Å². The summed E-state index contributed by atoms with van der Waals surface area (Å²) in [5.74, 6) is 0.836. The van der Waals surface area contributed by atoms with Crippen LogP contribution in [0.15, 0.2) is 30.3 Å². The Hall–Kier alpha value is -2.89. The third-order valence-electron chi connectivity index (χ3n) is 8.05. The molecule has 3 aliphatic heterocycles. The number of hydrazine groups is 1. The van der Waals surface area contributed by atoms with Crippen molar-refractivity contribution in [3.8, 4) is 5.75 Å². The Morgan fingerprint density at radius 1 is 1.16 bits per heavy atom. The molecule has 0 aliphatic carbocycles. The fourth-order valence-corrected chi connectivity index (χ4v) is 5.99. The molecule has 38 heavy (non-hydrogen) atoms. The van der Waals surface area contributed by atoms with Crippen LogP contribution in [0.1, 0.15) is 42.5 Å². The van der Waals surface area contributed by atoms with E-state index in [1.807, 2.05) is 6.07 Å². The molecule has 11 heteroatoms. The summed E-state index contributed by atoms with van der Waals surface area (Å²) < 4.78 is 45.6. The number of aromatic nitrogens is 1. The van der Waals surface area contributed by atoms with Crippen LogP contribution in [0.2, 0.25) is 0 Å². The maximum absolute atomic E-state index is 14.3. The van der Waals surface area contributed by atoms with Crippen LogP contribution in [0.4, 0.5) is 23.8 Å². The van der Waals surface area contributed by atoms with Gasteiger partial charge in [0.25, 0.3) is 6.43 Å². The van der Waals surface area contributed by atoms with Gasteiger partial charge in [-0.1, -0.05) is 13.0 Å². The smallest absolute Gasteiger partial charge is 0.326 e. The standard InChI is InChI=1S/C27H35F3N6O2/c1-3-23-22(19-13-31-32-14-19)4-5-25(33-23)35-17-27(6-8-34(9-7-27)16-24(29)30)36(26(35)37)15-18-10-20(28)12-21(11-18)38-2/h4-5,10-12,19,24,31-32H,3,6-9,13-17H2,1-2H3. The molecule has 5 rings (SSSR count). The van der Waals surface area contributed by atoms with Gasteiger partial charge in [0.05, 0.1) is 25.7 Å². The van der Waals surface area contributed by atoms with Crippen LogP contribution in [-0.4, -0.2) is 79.2 Å². The summed E-state index contributed by atoms with van der Waals surface area (Å²) in [5, 5.41) is 0. The Morgan fingerprint density at radius 2 is 1.89 bits per heavy atom. The number of hydrogen-bond acceptors (Lipinski definition) is 6. The van der Waals surface area contributed by atoms with E-state index in [4.69, 9.17) is 9.72 Å². The molecule has 0 bridgehead atoms. The minimum Gasteiger partial charge on any atom is -0.497 e. The lowest BCUT2D eigenvalue weighted by molar-refractivity contribution is 0.0340. The first-order chi connectivity index (χ1) is 18.3. The van der Waals surface area contributed by atoms with E-state index < -0.39 is 17.8 Å². The van der Waals surface area contributed by atoms with E-state index in [-0.39, 0.29) is 19.1 Å². The van der Waals surface area contributed by atoms with E-state index in [0.717, 1.165) is 25.2 Å². The van der Waals surface area contributed by atoms with E-state index in [0.29, 0.717) is 55.5 Å². The average molecular weight is 533 g/mol. The molecular weight excluding hydrogens is 497 g/mol. The summed E-state index contributed by atoms with van der Waals surface area (Å²) in [6.45, 7) is 4.94. The minimum absolute atomic E-state index is 0.191. The molecule has 0 unspecified atom stereocenters. The predicted molar refractivity (Wildman–Crippen MR) is 138 cm³/mol. The third-order valence-corrected chi connectivity index (χ3v) is 8.05. The van der Waals surface area contributed by atoms with Crippen molar-refractivity contribution in [2.24, 2.45) is 0 Å². The number of anilines is 1. The van der Waals surface area contributed by atoms with Gasteiger partial charge in [0.1, 0.15) is 17.4 Å². The average Bonchev–Trinajstić information content (AvgIpc) is 3.53. The Labute approximate surface area is 221 Å². The lowest BCUT2D eigenvalue weighted by Gasteiger charge is -2.43. The van der Waals surface area contributed by atoms with Crippen molar-refractivity contribution in [1.82, 2.24) is 25.6 Å². The molecule has 4 heterocycles. The van der Waals surface area contributed by atoms with Crippen LogP contribution in [0.25, 0.3) is 0 Å². The number of nitrogens with one attached hydrogen (secondary N) is 2. The van der Waals surface area contributed by atoms with Gasteiger partial charge >= 0.3 is 6.03 Å². The molecule has 0 atom stereocenters. The molecule has 206 valence electrons. The Morgan fingerprint density at radius 3 is 2.55 bits per heavy atom. The fraction of sp³-hybridized carbons (Fsp3) is 0.556. The second kappa shape index (κ2) is 11.1. The second-order valence-corrected chi connectivity index (χ2v) is 10.4. The highest BCUT2D eigenvalue weighted by molar-refractivity contribution is 5.94. The van der Waals surface area contributed by atoms with Gasteiger partial charge < -0.3 is 9.64 Å². The summed E-state index contributed by atoms with van der Waals surface area (Å²) in [5.41, 5.74) is 8.49. The van der Waals surface area contributed by atoms with E-state index >= 15 is 0 Å². The first-order valence-electron chi connectivity index (χ1n) is 13.2. The predicted octanol–water partition coefficient (Wildman–Crippen LogP) is 3.53. The monoisotopic (exact) mass is 532 g/mol. The number of piperidine rings is 1. The number of pyridine rings is 1. The van der Waals surface area contributed by atoms with Crippen molar-refractivity contribution >= 4 is 11.8 Å². The molecule has 1 spiro atoms. The highest BCUT2D eigenvalue weighted by Crippen LogP contribution is 2.40. The number of carbonyl (C=O) groups excluding carboxylic acids is 1. The van der Waals surface area contributed by atoms with Crippen molar-refractivity contribution in [3.05, 3.63) is 53.0 Å². The van der Waals surface area contributed by atoms with Crippen molar-refractivity contribution in [1.29, 1.82) is 0 Å². The van der Waals surface area contributed by atoms with E-state index in [1.165, 1.54) is 24.8 Å². The van der Waals surface area contributed by atoms with Crippen LogP contribution in [-0.2, 0) is 13.0 Å². The Kier molecular flexibility index (Phi) is 7.78. The number of likely N-dealkylation sites (tertiary alicyclic amines) is 1. The summed E-state index contributed by atoms with van der Waals surface area (Å²) in [6, 6.07) is 8.19. The van der Waals surface area contributed by atoms with E-state index in [9.17, 15) is 18.0 Å². The first kappa shape index (κ1) is 26.7. The van der Waals surface area contributed by atoms with Gasteiger partial charge in [0.15, 0.2) is 0 Å². The molecule has 3 fully saturated rings. The molecule has 0 saturated carbocycles. The lowest BCUT2D eigenvalue weighted by Crippen LogP contribution is -2.54. The number of benzene rings is 1. The molecule has 8 nitrogen and oxygen atoms in total. The number of halogens is 3. The summed E-state index contributed by atoms with van der Waals surface area (Å²) >= 11 is 0. The maximum atomic E-state index is 14.3. The van der Waals surface area contributed by atoms with Crippen LogP contribution in [0, 0.1) is 5.82 Å². The van der Waals surface area contributed by atoms with E-state index in [2.05, 4.69) is 23.8 Å². The van der Waals surface area contributed by atoms with Crippen molar-refractivity contribution in [2.45, 2.75) is 50.6 Å². The zero-order chi connectivity index (χ0) is 26.9. The molecule has 2 N–H and O–H groups in total. The van der Waals surface area contributed by atoms with Crippen LogP contribution in [0.3, 0.4) is 0 Å². The molecular formula is C27H35F3N6O2. The zero-order valence-corrected chi connectivity index (χ0v) is 21.9. The van der Waals surface area contributed by atoms with Gasteiger partial charge in [0, 0.05) is 50.4 Å². The molecule has 3 aliphatic rings. The number of aryl methyl sites for hydroxylation is 1. The molecule has 3 saturated heterocycles. The Bertz CT molecular complexity index is 1150. The summed E-state index contributed by atoms with van der Waals surface area (Å²) in [7, 11) is 1.47. The quantitative estimate of drug-likeness (QED) is 0.542. The number of amides is 2. The van der Waals surface area contributed by atoms with Crippen LogP contribution in [0.5, 0.6) is 5.75 Å². The van der Waals surface area contributed by atoms with Gasteiger partial charge in [-0.15, -0.1) is 0 Å². The maximum Gasteiger partial charge on any atom is 0.326 e. The zero-order valence-electron chi connectivity index (χ0n) is 21.9. The highest BCUT2D eigenvalue weighted by Gasteiger charge is 2.51. The number of methoxy groups -OCH3 is 1. The number of carbonyl (C=O) groups is 1. The normalized spacial score (nSPS) is 20.3. The van der Waals surface area contributed by atoms with Gasteiger partial charge in [-0.25, -0.2) is 22.9 Å². The molecule has 1 aromatic heterocycles. The SMILES string of the molecule is CCc1nc(N2CC3(CCN(CC(F)F)CC3)N(Cc3cc(F)cc(OC)c3)C2=O)ccc1C1CNNC1. The van der Waals surface area contributed by atoms with Gasteiger partial charge in [-0.2, -0.15) is 0 Å². The first-order valence-corrected chi connectivity index (χ1v) is 13.2. The Balaban J connectivity index is 1.45. The van der Waals surface area contributed by atoms with Gasteiger partial charge in [-0.05, 0) is 48.6 Å². The van der Waals surface area contributed by atoms with Crippen LogP contribution >= 0.6 is 0 Å². The molecule has 0 radical (unpaired) electrons. The number of hydrogen-bond donors (Lipinski definition) is 2. The molecule has 2 amide bonds. The lowest BCUT2D eigenvalue weighted by atomic mass is 9.86.